The van der Waals surface area contributed by atoms with Crippen molar-refractivity contribution in [2.24, 2.45) is 5.92 Å². The average molecular weight is 307 g/mol. The van der Waals surface area contributed by atoms with Gasteiger partial charge in [0, 0.05) is 29.0 Å². The summed E-state index contributed by atoms with van der Waals surface area (Å²) in [5.41, 5.74) is 1.75. The summed E-state index contributed by atoms with van der Waals surface area (Å²) in [7, 11) is 0. The maximum atomic E-state index is 12.6. The Bertz CT molecular complexity index is 490. The van der Waals surface area contributed by atoms with Gasteiger partial charge in [-0.05, 0) is 43.7 Å². The summed E-state index contributed by atoms with van der Waals surface area (Å²) in [5, 5.41) is 12.7. The molecule has 2 N–H and O–H groups in total. The number of hydrogen-bond donors (Lipinski definition) is 2. The van der Waals surface area contributed by atoms with E-state index in [4.69, 9.17) is 0 Å². The Balaban J connectivity index is 2.12. The van der Waals surface area contributed by atoms with Crippen molar-refractivity contribution in [3.63, 3.8) is 0 Å². The van der Waals surface area contributed by atoms with E-state index in [1.54, 1.807) is 11.8 Å². The lowest BCUT2D eigenvalue weighted by Crippen LogP contribution is -2.41. The molecule has 0 bridgehead atoms. The lowest BCUT2D eigenvalue weighted by Gasteiger charge is -2.25. The SMILES string of the molecule is CSc1ccc(C)c(C(=O)NC2CCCCCC2CO)c1. The molecule has 1 fully saturated rings. The van der Waals surface area contributed by atoms with Gasteiger partial charge in [-0.15, -0.1) is 11.8 Å². The molecule has 0 radical (unpaired) electrons. The van der Waals surface area contributed by atoms with Crippen LogP contribution in [0.15, 0.2) is 23.1 Å². The third-order valence-corrected chi connectivity index (χ3v) is 5.12. The number of thioether (sulfide) groups is 1. The first-order valence-corrected chi connectivity index (χ1v) is 8.94. The van der Waals surface area contributed by atoms with E-state index in [2.05, 4.69) is 5.32 Å². The molecular weight excluding hydrogens is 282 g/mol. The first-order valence-electron chi connectivity index (χ1n) is 7.72. The summed E-state index contributed by atoms with van der Waals surface area (Å²) in [4.78, 5) is 13.7. The maximum absolute atomic E-state index is 12.6. The summed E-state index contributed by atoms with van der Waals surface area (Å²) >= 11 is 1.64. The number of benzene rings is 1. The van der Waals surface area contributed by atoms with Crippen molar-refractivity contribution in [2.75, 3.05) is 12.9 Å². The lowest BCUT2D eigenvalue weighted by atomic mass is 9.95. The minimum atomic E-state index is -0.00579. The number of carbonyl (C=O) groups excluding carboxylic acids is 1. The zero-order valence-electron chi connectivity index (χ0n) is 12.9. The van der Waals surface area contributed by atoms with E-state index in [-0.39, 0.29) is 24.5 Å². The first kappa shape index (κ1) is 16.4. The molecule has 1 aliphatic carbocycles. The predicted molar refractivity (Wildman–Crippen MR) is 87.9 cm³/mol. The number of hydrogen-bond acceptors (Lipinski definition) is 3. The molecule has 0 aliphatic heterocycles. The fourth-order valence-electron chi connectivity index (χ4n) is 3.01. The average Bonchev–Trinajstić information content (AvgIpc) is 2.72. The van der Waals surface area contributed by atoms with Gasteiger partial charge in [0.25, 0.3) is 5.91 Å². The Hall–Kier alpha value is -1.00. The standard InChI is InChI=1S/C17H25NO2S/c1-12-8-9-14(21-2)10-15(12)17(20)18-16-7-5-3-4-6-13(16)11-19/h8-10,13,16,19H,3-7,11H2,1-2H3,(H,18,20). The van der Waals surface area contributed by atoms with Gasteiger partial charge in [0.1, 0.15) is 0 Å². The molecule has 0 spiro atoms. The molecule has 1 aromatic carbocycles. The minimum Gasteiger partial charge on any atom is -0.396 e. The van der Waals surface area contributed by atoms with Crippen molar-refractivity contribution in [2.45, 2.75) is 50.0 Å². The van der Waals surface area contributed by atoms with Crippen molar-refractivity contribution in [3.8, 4) is 0 Å². The molecular formula is C17H25NO2S. The molecule has 2 unspecified atom stereocenters. The zero-order chi connectivity index (χ0) is 15.2. The third-order valence-electron chi connectivity index (χ3n) is 4.40. The van der Waals surface area contributed by atoms with E-state index in [0.717, 1.165) is 41.7 Å². The topological polar surface area (TPSA) is 49.3 Å². The van der Waals surface area contributed by atoms with Crippen molar-refractivity contribution in [1.82, 2.24) is 5.32 Å². The third kappa shape index (κ3) is 4.24. The molecule has 0 heterocycles. The number of aryl methyl sites for hydroxylation is 1. The van der Waals surface area contributed by atoms with Gasteiger partial charge in [-0.25, -0.2) is 0 Å². The molecule has 1 saturated carbocycles. The molecule has 1 aliphatic rings. The summed E-state index contributed by atoms with van der Waals surface area (Å²) in [6.07, 6.45) is 7.47. The fourth-order valence-corrected chi connectivity index (χ4v) is 3.45. The molecule has 1 aromatic rings. The van der Waals surface area contributed by atoms with Gasteiger partial charge in [-0.1, -0.05) is 25.3 Å². The smallest absolute Gasteiger partial charge is 0.251 e. The Morgan fingerprint density at radius 2 is 2.10 bits per heavy atom. The molecule has 0 aromatic heterocycles. The number of nitrogens with one attached hydrogen (secondary N) is 1. The number of rotatable bonds is 4. The Kier molecular flexibility index (Phi) is 6.12. The van der Waals surface area contributed by atoms with Crippen LogP contribution in [0.3, 0.4) is 0 Å². The summed E-state index contributed by atoms with van der Waals surface area (Å²) in [6, 6.07) is 6.10. The molecule has 4 heteroatoms. The van der Waals surface area contributed by atoms with Gasteiger partial charge >= 0.3 is 0 Å². The summed E-state index contributed by atoms with van der Waals surface area (Å²) < 4.78 is 0. The molecule has 0 saturated heterocycles. The van der Waals surface area contributed by atoms with Crippen LogP contribution >= 0.6 is 11.8 Å². The number of aliphatic hydroxyl groups is 1. The number of carbonyl (C=O) groups is 1. The van der Waals surface area contributed by atoms with Gasteiger partial charge in [0.05, 0.1) is 0 Å². The highest BCUT2D eigenvalue weighted by Crippen LogP contribution is 2.24. The van der Waals surface area contributed by atoms with E-state index in [9.17, 15) is 9.90 Å². The normalized spacial score (nSPS) is 22.6. The maximum Gasteiger partial charge on any atom is 0.251 e. The highest BCUT2D eigenvalue weighted by Gasteiger charge is 2.25. The number of aliphatic hydroxyl groups excluding tert-OH is 1. The molecule has 2 atom stereocenters. The van der Waals surface area contributed by atoms with E-state index in [0.29, 0.717) is 0 Å². The summed E-state index contributed by atoms with van der Waals surface area (Å²) in [6.45, 7) is 2.13. The van der Waals surface area contributed by atoms with Gasteiger partial charge in [-0.2, -0.15) is 0 Å². The monoisotopic (exact) mass is 307 g/mol. The number of amides is 1. The molecule has 3 nitrogen and oxygen atoms in total. The highest BCUT2D eigenvalue weighted by atomic mass is 32.2. The van der Waals surface area contributed by atoms with Gasteiger partial charge in [0.2, 0.25) is 0 Å². The van der Waals surface area contributed by atoms with Crippen LogP contribution in [0.2, 0.25) is 0 Å². The molecule has 2 rings (SSSR count). The first-order chi connectivity index (χ1) is 10.2. The predicted octanol–water partition coefficient (Wildman–Crippen LogP) is 3.39. The van der Waals surface area contributed by atoms with Crippen LogP contribution in [0.4, 0.5) is 0 Å². The van der Waals surface area contributed by atoms with Crippen molar-refractivity contribution in [3.05, 3.63) is 29.3 Å². The second kappa shape index (κ2) is 7.85. The summed E-state index contributed by atoms with van der Waals surface area (Å²) in [5.74, 6) is 0.189. The molecule has 1 amide bonds. The van der Waals surface area contributed by atoms with E-state index in [1.807, 2.05) is 31.4 Å². The molecule has 116 valence electrons. The lowest BCUT2D eigenvalue weighted by molar-refractivity contribution is 0.0898. The van der Waals surface area contributed by atoms with Gasteiger partial charge in [0.15, 0.2) is 0 Å². The largest absolute Gasteiger partial charge is 0.396 e. The Morgan fingerprint density at radius 1 is 1.33 bits per heavy atom. The minimum absolute atomic E-state index is 0.00579. The zero-order valence-corrected chi connectivity index (χ0v) is 13.7. The van der Waals surface area contributed by atoms with Crippen molar-refractivity contribution >= 4 is 17.7 Å². The second-order valence-electron chi connectivity index (χ2n) is 5.84. The van der Waals surface area contributed by atoms with Crippen molar-refractivity contribution < 1.29 is 9.90 Å². The second-order valence-corrected chi connectivity index (χ2v) is 6.72. The van der Waals surface area contributed by atoms with Crippen LogP contribution in [0.1, 0.15) is 48.0 Å². The Morgan fingerprint density at radius 3 is 2.81 bits per heavy atom. The van der Waals surface area contributed by atoms with Crippen LogP contribution in [0, 0.1) is 12.8 Å². The van der Waals surface area contributed by atoms with Gasteiger partial charge < -0.3 is 10.4 Å². The van der Waals surface area contributed by atoms with Crippen LogP contribution in [-0.2, 0) is 0 Å². The quantitative estimate of drug-likeness (QED) is 0.662. The molecule has 21 heavy (non-hydrogen) atoms. The van der Waals surface area contributed by atoms with Crippen LogP contribution in [-0.4, -0.2) is 29.9 Å². The van der Waals surface area contributed by atoms with Crippen LogP contribution in [0.5, 0.6) is 0 Å². The van der Waals surface area contributed by atoms with Crippen LogP contribution in [0.25, 0.3) is 0 Å². The van der Waals surface area contributed by atoms with Gasteiger partial charge in [-0.3, -0.25) is 4.79 Å². The fraction of sp³-hybridized carbons (Fsp3) is 0.588. The van der Waals surface area contributed by atoms with E-state index >= 15 is 0 Å². The van der Waals surface area contributed by atoms with E-state index in [1.165, 1.54) is 6.42 Å². The highest BCUT2D eigenvalue weighted by molar-refractivity contribution is 7.98. The van der Waals surface area contributed by atoms with Crippen LogP contribution < -0.4 is 5.32 Å². The van der Waals surface area contributed by atoms with Crippen molar-refractivity contribution in [1.29, 1.82) is 0 Å². The Labute approximate surface area is 131 Å². The van der Waals surface area contributed by atoms with E-state index < -0.39 is 0 Å².